The smallest absolute Gasteiger partial charge is 0.251 e. The molecule has 0 radical (unpaired) electrons. The van der Waals surface area contributed by atoms with Crippen LogP contribution >= 0.6 is 0 Å². The van der Waals surface area contributed by atoms with Gasteiger partial charge in [-0.1, -0.05) is 24.3 Å². The Hall–Kier alpha value is -3.61. The second kappa shape index (κ2) is 8.60. The van der Waals surface area contributed by atoms with Crippen LogP contribution in [0.1, 0.15) is 27.3 Å². The minimum absolute atomic E-state index is 0.0768. The average molecular weight is 391 g/mol. The van der Waals surface area contributed by atoms with Crippen molar-refractivity contribution in [3.63, 3.8) is 0 Å². The van der Waals surface area contributed by atoms with Gasteiger partial charge in [0, 0.05) is 18.3 Å². The first-order valence-electron chi connectivity index (χ1n) is 9.39. The highest BCUT2D eigenvalue weighted by Crippen LogP contribution is 2.23. The molecule has 3 rings (SSSR count). The van der Waals surface area contributed by atoms with E-state index in [1.807, 2.05) is 61.9 Å². The summed E-state index contributed by atoms with van der Waals surface area (Å²) in [5.41, 5.74) is 5.37. The standard InChI is InChI=1S/C22H25N5O2/c1-14-18(22(29)23-4)11-8-12-19(14)24-13-20(28)25-21-15(2)26-27(16(21)3)17-9-6-5-7-10-17/h5-12,24H,13H2,1-4H3,(H,23,29)(H,25,28). The van der Waals surface area contributed by atoms with Gasteiger partial charge in [-0.25, -0.2) is 4.68 Å². The summed E-state index contributed by atoms with van der Waals surface area (Å²) in [5, 5.41) is 13.2. The van der Waals surface area contributed by atoms with Crippen LogP contribution in [0.3, 0.4) is 0 Å². The number of aromatic nitrogens is 2. The fraction of sp³-hybridized carbons (Fsp3) is 0.227. The lowest BCUT2D eigenvalue weighted by molar-refractivity contribution is -0.114. The topological polar surface area (TPSA) is 88.1 Å². The van der Waals surface area contributed by atoms with Gasteiger partial charge in [0.15, 0.2) is 0 Å². The van der Waals surface area contributed by atoms with Crippen molar-refractivity contribution in [1.82, 2.24) is 15.1 Å². The highest BCUT2D eigenvalue weighted by molar-refractivity contribution is 5.98. The van der Waals surface area contributed by atoms with Gasteiger partial charge in [-0.15, -0.1) is 0 Å². The van der Waals surface area contributed by atoms with Crippen molar-refractivity contribution in [3.05, 3.63) is 71.0 Å². The monoisotopic (exact) mass is 391 g/mol. The number of benzene rings is 2. The molecule has 3 aromatic rings. The molecule has 0 aliphatic heterocycles. The zero-order valence-corrected chi connectivity index (χ0v) is 17.0. The van der Waals surface area contributed by atoms with Gasteiger partial charge in [0.1, 0.15) is 0 Å². The molecular weight excluding hydrogens is 366 g/mol. The molecule has 0 fully saturated rings. The van der Waals surface area contributed by atoms with E-state index in [1.54, 1.807) is 19.2 Å². The number of carbonyl (C=O) groups is 2. The Bertz CT molecular complexity index is 1040. The molecule has 0 unspecified atom stereocenters. The van der Waals surface area contributed by atoms with Crippen molar-refractivity contribution in [1.29, 1.82) is 0 Å². The van der Waals surface area contributed by atoms with E-state index in [4.69, 9.17) is 0 Å². The zero-order valence-electron chi connectivity index (χ0n) is 17.0. The van der Waals surface area contributed by atoms with Crippen LogP contribution in [-0.2, 0) is 4.79 Å². The van der Waals surface area contributed by atoms with E-state index in [-0.39, 0.29) is 18.4 Å². The van der Waals surface area contributed by atoms with Gasteiger partial charge in [0.05, 0.1) is 29.3 Å². The van der Waals surface area contributed by atoms with Crippen molar-refractivity contribution in [2.75, 3.05) is 24.2 Å². The van der Waals surface area contributed by atoms with Gasteiger partial charge in [-0.3, -0.25) is 9.59 Å². The third-order valence-corrected chi connectivity index (χ3v) is 4.80. The Labute approximate surface area is 170 Å². The third-order valence-electron chi connectivity index (χ3n) is 4.80. The minimum Gasteiger partial charge on any atom is -0.376 e. The summed E-state index contributed by atoms with van der Waals surface area (Å²) in [6.45, 7) is 5.72. The summed E-state index contributed by atoms with van der Waals surface area (Å²) >= 11 is 0. The Morgan fingerprint density at radius 2 is 1.72 bits per heavy atom. The first kappa shape index (κ1) is 20.1. The molecule has 7 heteroatoms. The minimum atomic E-state index is -0.187. The SMILES string of the molecule is CNC(=O)c1cccc(NCC(=O)Nc2c(C)nn(-c3ccccc3)c2C)c1C. The number of nitrogens with one attached hydrogen (secondary N) is 3. The number of carbonyl (C=O) groups excluding carboxylic acids is 2. The van der Waals surface area contributed by atoms with E-state index in [1.165, 1.54) is 0 Å². The van der Waals surface area contributed by atoms with Crippen LogP contribution in [0.15, 0.2) is 48.5 Å². The second-order valence-electron chi connectivity index (χ2n) is 6.75. The highest BCUT2D eigenvalue weighted by atomic mass is 16.2. The molecule has 1 aromatic heterocycles. The van der Waals surface area contributed by atoms with Crippen LogP contribution in [0.5, 0.6) is 0 Å². The maximum absolute atomic E-state index is 12.5. The molecule has 150 valence electrons. The van der Waals surface area contributed by atoms with Crippen molar-refractivity contribution >= 4 is 23.2 Å². The second-order valence-corrected chi connectivity index (χ2v) is 6.75. The molecule has 0 aliphatic rings. The van der Waals surface area contributed by atoms with E-state index in [0.717, 1.165) is 28.3 Å². The lowest BCUT2D eigenvalue weighted by atomic mass is 10.1. The first-order valence-corrected chi connectivity index (χ1v) is 9.39. The van der Waals surface area contributed by atoms with Gasteiger partial charge < -0.3 is 16.0 Å². The molecule has 0 atom stereocenters. The highest BCUT2D eigenvalue weighted by Gasteiger charge is 2.16. The molecule has 7 nitrogen and oxygen atoms in total. The number of nitrogens with zero attached hydrogens (tertiary/aromatic N) is 2. The molecule has 29 heavy (non-hydrogen) atoms. The summed E-state index contributed by atoms with van der Waals surface area (Å²) in [6, 6.07) is 15.2. The number of rotatable bonds is 6. The van der Waals surface area contributed by atoms with Crippen molar-refractivity contribution in [2.24, 2.45) is 0 Å². The van der Waals surface area contributed by atoms with Gasteiger partial charge in [0.2, 0.25) is 5.91 Å². The van der Waals surface area contributed by atoms with E-state index in [2.05, 4.69) is 21.0 Å². The van der Waals surface area contributed by atoms with Gasteiger partial charge in [-0.2, -0.15) is 5.10 Å². The van der Waals surface area contributed by atoms with Crippen LogP contribution < -0.4 is 16.0 Å². The first-order chi connectivity index (χ1) is 13.9. The molecule has 0 spiro atoms. The molecule has 0 saturated carbocycles. The van der Waals surface area contributed by atoms with E-state index >= 15 is 0 Å². The quantitative estimate of drug-likeness (QED) is 0.602. The predicted molar refractivity (Wildman–Crippen MR) is 115 cm³/mol. The van der Waals surface area contributed by atoms with Crippen LogP contribution in [-0.4, -0.2) is 35.2 Å². The van der Waals surface area contributed by atoms with Gasteiger partial charge >= 0.3 is 0 Å². The molecule has 3 N–H and O–H groups in total. The Morgan fingerprint density at radius 1 is 1.00 bits per heavy atom. The largest absolute Gasteiger partial charge is 0.376 e. The van der Waals surface area contributed by atoms with Crippen molar-refractivity contribution < 1.29 is 9.59 Å². The van der Waals surface area contributed by atoms with Gasteiger partial charge in [0.25, 0.3) is 5.91 Å². The summed E-state index contributed by atoms with van der Waals surface area (Å²) in [4.78, 5) is 24.5. The summed E-state index contributed by atoms with van der Waals surface area (Å²) in [5.74, 6) is -0.344. The Morgan fingerprint density at radius 3 is 2.41 bits per heavy atom. The number of para-hydroxylation sites is 1. The number of hydrogen-bond donors (Lipinski definition) is 3. The molecule has 2 amide bonds. The molecule has 0 aliphatic carbocycles. The summed E-state index contributed by atoms with van der Waals surface area (Å²) in [7, 11) is 1.59. The van der Waals surface area contributed by atoms with Crippen LogP contribution in [0.25, 0.3) is 5.69 Å². The van der Waals surface area contributed by atoms with E-state index < -0.39 is 0 Å². The Kier molecular flexibility index (Phi) is 5.97. The number of amides is 2. The molecule has 0 bridgehead atoms. The summed E-state index contributed by atoms with van der Waals surface area (Å²) in [6.07, 6.45) is 0. The van der Waals surface area contributed by atoms with Crippen LogP contribution in [0, 0.1) is 20.8 Å². The van der Waals surface area contributed by atoms with Gasteiger partial charge in [-0.05, 0) is 50.6 Å². The van der Waals surface area contributed by atoms with E-state index in [9.17, 15) is 9.59 Å². The van der Waals surface area contributed by atoms with Crippen molar-refractivity contribution in [3.8, 4) is 5.69 Å². The maximum atomic E-state index is 12.5. The van der Waals surface area contributed by atoms with Crippen LogP contribution in [0.2, 0.25) is 0 Å². The number of hydrogen-bond acceptors (Lipinski definition) is 4. The fourth-order valence-electron chi connectivity index (χ4n) is 3.21. The number of aryl methyl sites for hydroxylation is 1. The molecule has 1 heterocycles. The summed E-state index contributed by atoms with van der Waals surface area (Å²) < 4.78 is 1.81. The molecule has 0 saturated heterocycles. The maximum Gasteiger partial charge on any atom is 0.251 e. The Balaban J connectivity index is 1.71. The van der Waals surface area contributed by atoms with E-state index in [0.29, 0.717) is 11.3 Å². The predicted octanol–water partition coefficient (Wildman–Crippen LogP) is 3.21. The lowest BCUT2D eigenvalue weighted by Gasteiger charge is -2.13. The van der Waals surface area contributed by atoms with Crippen LogP contribution in [0.4, 0.5) is 11.4 Å². The average Bonchev–Trinajstić information content (AvgIpc) is 3.01. The fourth-order valence-corrected chi connectivity index (χ4v) is 3.21. The normalized spacial score (nSPS) is 10.5. The van der Waals surface area contributed by atoms with Crippen molar-refractivity contribution in [2.45, 2.75) is 20.8 Å². The lowest BCUT2D eigenvalue weighted by Crippen LogP contribution is -2.23. The molecular formula is C22H25N5O2. The number of anilines is 2. The third kappa shape index (κ3) is 4.29. The zero-order chi connectivity index (χ0) is 21.0. The molecule has 2 aromatic carbocycles.